The number of nitrogens with one attached hydrogen (secondary N) is 2. The molecule has 1 atom stereocenters. The van der Waals surface area contributed by atoms with Gasteiger partial charge in [0.2, 0.25) is 5.91 Å². The predicted molar refractivity (Wildman–Crippen MR) is 82.5 cm³/mol. The Morgan fingerprint density at radius 3 is 2.43 bits per heavy atom. The molecule has 0 aliphatic carbocycles. The first kappa shape index (κ1) is 15.2. The van der Waals surface area contributed by atoms with E-state index >= 15 is 0 Å². The second-order valence-corrected chi connectivity index (χ2v) is 4.78. The summed E-state index contributed by atoms with van der Waals surface area (Å²) in [6.07, 6.45) is 0.872. The second-order valence-electron chi connectivity index (χ2n) is 4.78. The maximum Gasteiger partial charge on any atom is 0.238 e. The quantitative estimate of drug-likeness (QED) is 0.853. The first-order valence-electron chi connectivity index (χ1n) is 7.03. The van der Waals surface area contributed by atoms with E-state index in [1.54, 1.807) is 18.2 Å². The molecule has 0 spiro atoms. The fourth-order valence-corrected chi connectivity index (χ4v) is 2.16. The van der Waals surface area contributed by atoms with E-state index in [9.17, 15) is 9.18 Å². The molecule has 110 valence electrons. The van der Waals surface area contributed by atoms with Gasteiger partial charge in [-0.05, 0) is 24.1 Å². The summed E-state index contributed by atoms with van der Waals surface area (Å²) in [5.74, 6) is -0.685. The van der Waals surface area contributed by atoms with E-state index in [1.165, 1.54) is 6.07 Å². The summed E-state index contributed by atoms with van der Waals surface area (Å²) in [6.45, 7) is 2.20. The number of carbonyl (C=O) groups excluding carboxylic acids is 1. The van der Waals surface area contributed by atoms with Gasteiger partial charge in [-0.1, -0.05) is 49.4 Å². The molecule has 1 unspecified atom stereocenters. The smallest absolute Gasteiger partial charge is 0.238 e. The van der Waals surface area contributed by atoms with Crippen LogP contribution in [0.1, 0.15) is 24.9 Å². The van der Waals surface area contributed by atoms with E-state index < -0.39 is 5.82 Å². The molecule has 0 saturated carbocycles. The van der Waals surface area contributed by atoms with E-state index in [4.69, 9.17) is 0 Å². The zero-order chi connectivity index (χ0) is 15.1. The molecular formula is C17H19FN2O. The maximum absolute atomic E-state index is 13.4. The Morgan fingerprint density at radius 2 is 1.76 bits per heavy atom. The van der Waals surface area contributed by atoms with Crippen molar-refractivity contribution < 1.29 is 9.18 Å². The molecule has 2 N–H and O–H groups in total. The van der Waals surface area contributed by atoms with Crippen LogP contribution in [0, 0.1) is 5.82 Å². The zero-order valence-corrected chi connectivity index (χ0v) is 12.0. The SMILES string of the molecule is CCC(NCC(=O)Nc1ccccc1F)c1ccccc1. The summed E-state index contributed by atoms with van der Waals surface area (Å²) >= 11 is 0. The summed E-state index contributed by atoms with van der Waals surface area (Å²) < 4.78 is 13.4. The van der Waals surface area contributed by atoms with Gasteiger partial charge >= 0.3 is 0 Å². The van der Waals surface area contributed by atoms with Crippen molar-refractivity contribution in [1.82, 2.24) is 5.32 Å². The number of carbonyl (C=O) groups is 1. The lowest BCUT2D eigenvalue weighted by atomic mass is 10.0. The van der Waals surface area contributed by atoms with Gasteiger partial charge in [-0.2, -0.15) is 0 Å². The standard InChI is InChI=1S/C17H19FN2O/c1-2-15(13-8-4-3-5-9-13)19-12-17(21)20-16-11-7-6-10-14(16)18/h3-11,15,19H,2,12H2,1H3,(H,20,21). The molecule has 21 heavy (non-hydrogen) atoms. The summed E-state index contributed by atoms with van der Waals surface area (Å²) in [6, 6.07) is 16.2. The molecular weight excluding hydrogens is 267 g/mol. The molecule has 0 aliphatic heterocycles. The van der Waals surface area contributed by atoms with Gasteiger partial charge in [0.15, 0.2) is 0 Å². The lowest BCUT2D eigenvalue weighted by Gasteiger charge is -2.17. The van der Waals surface area contributed by atoms with Crippen molar-refractivity contribution in [1.29, 1.82) is 0 Å². The minimum atomic E-state index is -0.430. The van der Waals surface area contributed by atoms with Crippen molar-refractivity contribution >= 4 is 11.6 Å². The number of hydrogen-bond donors (Lipinski definition) is 2. The molecule has 1 amide bonds. The van der Waals surface area contributed by atoms with Crippen LogP contribution in [0.4, 0.5) is 10.1 Å². The molecule has 3 nitrogen and oxygen atoms in total. The number of halogens is 1. The van der Waals surface area contributed by atoms with E-state index in [-0.39, 0.29) is 24.2 Å². The molecule has 2 aromatic rings. The zero-order valence-electron chi connectivity index (χ0n) is 12.0. The molecule has 0 heterocycles. The highest BCUT2D eigenvalue weighted by molar-refractivity contribution is 5.92. The second kappa shape index (κ2) is 7.55. The molecule has 0 saturated heterocycles. The maximum atomic E-state index is 13.4. The number of anilines is 1. The van der Waals surface area contributed by atoms with Crippen LogP contribution in [0.3, 0.4) is 0 Å². The topological polar surface area (TPSA) is 41.1 Å². The molecule has 4 heteroatoms. The lowest BCUT2D eigenvalue weighted by Crippen LogP contribution is -2.31. The molecule has 0 aromatic heterocycles. The Balaban J connectivity index is 1.90. The summed E-state index contributed by atoms with van der Waals surface area (Å²) in [5, 5.41) is 5.76. The number of amides is 1. The van der Waals surface area contributed by atoms with E-state index in [0.29, 0.717) is 0 Å². The van der Waals surface area contributed by atoms with Crippen molar-refractivity contribution in [3.05, 3.63) is 66.0 Å². The minimum absolute atomic E-state index is 0.109. The van der Waals surface area contributed by atoms with Crippen molar-refractivity contribution in [2.24, 2.45) is 0 Å². The highest BCUT2D eigenvalue weighted by Gasteiger charge is 2.11. The van der Waals surface area contributed by atoms with Gasteiger partial charge in [-0.3, -0.25) is 4.79 Å². The predicted octanol–water partition coefficient (Wildman–Crippen LogP) is 3.51. The van der Waals surface area contributed by atoms with E-state index in [0.717, 1.165) is 12.0 Å². The summed E-state index contributed by atoms with van der Waals surface area (Å²) in [7, 11) is 0. The summed E-state index contributed by atoms with van der Waals surface area (Å²) in [4.78, 5) is 11.9. The molecule has 0 fully saturated rings. The third-order valence-electron chi connectivity index (χ3n) is 3.27. The van der Waals surface area contributed by atoms with Gasteiger partial charge in [0, 0.05) is 6.04 Å². The molecule has 0 bridgehead atoms. The summed E-state index contributed by atoms with van der Waals surface area (Å²) in [5.41, 5.74) is 1.34. The Bertz CT molecular complexity index is 586. The Kier molecular flexibility index (Phi) is 5.46. The normalized spacial score (nSPS) is 11.9. The first-order chi connectivity index (χ1) is 10.2. The van der Waals surface area contributed by atoms with Crippen LogP contribution in [0.15, 0.2) is 54.6 Å². The van der Waals surface area contributed by atoms with Crippen molar-refractivity contribution in [3.63, 3.8) is 0 Å². The molecule has 0 radical (unpaired) electrons. The monoisotopic (exact) mass is 286 g/mol. The van der Waals surface area contributed by atoms with Gasteiger partial charge in [0.05, 0.1) is 12.2 Å². The van der Waals surface area contributed by atoms with Gasteiger partial charge in [-0.25, -0.2) is 4.39 Å². The highest BCUT2D eigenvalue weighted by Crippen LogP contribution is 2.16. The van der Waals surface area contributed by atoms with Crippen molar-refractivity contribution in [2.75, 3.05) is 11.9 Å². The van der Waals surface area contributed by atoms with Crippen LogP contribution < -0.4 is 10.6 Å². The van der Waals surface area contributed by atoms with Gasteiger partial charge in [0.1, 0.15) is 5.82 Å². The highest BCUT2D eigenvalue weighted by atomic mass is 19.1. The van der Waals surface area contributed by atoms with Crippen LogP contribution in [0.5, 0.6) is 0 Å². The van der Waals surface area contributed by atoms with E-state index in [1.807, 2.05) is 30.3 Å². The third-order valence-corrected chi connectivity index (χ3v) is 3.27. The average Bonchev–Trinajstić information content (AvgIpc) is 2.51. The van der Waals surface area contributed by atoms with Gasteiger partial charge in [0.25, 0.3) is 0 Å². The number of hydrogen-bond acceptors (Lipinski definition) is 2. The van der Waals surface area contributed by atoms with Crippen molar-refractivity contribution in [3.8, 4) is 0 Å². The third kappa shape index (κ3) is 4.39. The molecule has 0 aliphatic rings. The number of rotatable bonds is 6. The van der Waals surface area contributed by atoms with Crippen LogP contribution in [0.25, 0.3) is 0 Å². The molecule has 2 rings (SSSR count). The van der Waals surface area contributed by atoms with Crippen LogP contribution >= 0.6 is 0 Å². The Labute approximate surface area is 124 Å². The Hall–Kier alpha value is -2.20. The van der Waals surface area contributed by atoms with Gasteiger partial charge in [-0.15, -0.1) is 0 Å². The first-order valence-corrected chi connectivity index (χ1v) is 7.03. The number of benzene rings is 2. The minimum Gasteiger partial charge on any atom is -0.322 e. The van der Waals surface area contributed by atoms with Crippen molar-refractivity contribution in [2.45, 2.75) is 19.4 Å². The number of para-hydroxylation sites is 1. The van der Waals surface area contributed by atoms with Crippen LogP contribution in [0.2, 0.25) is 0 Å². The Morgan fingerprint density at radius 1 is 1.10 bits per heavy atom. The van der Waals surface area contributed by atoms with Crippen LogP contribution in [-0.2, 0) is 4.79 Å². The largest absolute Gasteiger partial charge is 0.322 e. The molecule has 2 aromatic carbocycles. The van der Waals surface area contributed by atoms with Gasteiger partial charge < -0.3 is 10.6 Å². The fourth-order valence-electron chi connectivity index (χ4n) is 2.16. The van der Waals surface area contributed by atoms with Crippen LogP contribution in [-0.4, -0.2) is 12.5 Å². The van der Waals surface area contributed by atoms with E-state index in [2.05, 4.69) is 17.6 Å². The fraction of sp³-hybridized carbons (Fsp3) is 0.235. The average molecular weight is 286 g/mol. The lowest BCUT2D eigenvalue weighted by molar-refractivity contribution is -0.115.